The van der Waals surface area contributed by atoms with Crippen molar-refractivity contribution in [1.29, 1.82) is 0 Å². The molecule has 128 valence electrons. The molecule has 0 aliphatic rings. The van der Waals surface area contributed by atoms with Crippen molar-refractivity contribution in [1.82, 2.24) is 5.32 Å². The lowest BCUT2D eigenvalue weighted by Crippen LogP contribution is -2.42. The smallest absolute Gasteiger partial charge is 0.407 e. The molecule has 0 saturated carbocycles. The van der Waals surface area contributed by atoms with Crippen LogP contribution in [0.25, 0.3) is 0 Å². The van der Waals surface area contributed by atoms with E-state index < -0.39 is 17.7 Å². The summed E-state index contributed by atoms with van der Waals surface area (Å²) in [6, 6.07) is 5.03. The number of nitrogens with one attached hydrogen (secondary N) is 2. The van der Waals surface area contributed by atoms with Gasteiger partial charge in [-0.25, -0.2) is 4.79 Å². The lowest BCUT2D eigenvalue weighted by molar-refractivity contribution is -0.116. The number of rotatable bonds is 5. The molecule has 3 N–H and O–H groups in total. The summed E-state index contributed by atoms with van der Waals surface area (Å²) in [7, 11) is 0. The zero-order valence-electron chi connectivity index (χ0n) is 14.4. The summed E-state index contributed by atoms with van der Waals surface area (Å²) in [6.45, 7) is 8.78. The first kappa shape index (κ1) is 19.0. The highest BCUT2D eigenvalue weighted by atomic mass is 16.6. The Bertz CT molecular complexity index is 544. The molecule has 1 rings (SSSR count). The van der Waals surface area contributed by atoms with Gasteiger partial charge in [0.1, 0.15) is 5.60 Å². The zero-order chi connectivity index (χ0) is 17.6. The molecule has 0 radical (unpaired) electrons. The molecule has 0 spiro atoms. The maximum atomic E-state index is 12.1. The average Bonchev–Trinajstić information content (AvgIpc) is 2.33. The Morgan fingerprint density at radius 2 is 1.74 bits per heavy atom. The van der Waals surface area contributed by atoms with Gasteiger partial charge in [-0.3, -0.25) is 4.79 Å². The SMILES string of the molecule is Cc1cc(C)cc(NC(=O)CC(CO)NC(=O)OC(C)(C)C)c1. The van der Waals surface area contributed by atoms with E-state index in [1.165, 1.54) is 0 Å². The molecule has 1 aromatic rings. The molecular weight excluding hydrogens is 296 g/mol. The summed E-state index contributed by atoms with van der Waals surface area (Å²) < 4.78 is 5.11. The average molecular weight is 322 g/mol. The molecule has 0 saturated heterocycles. The van der Waals surface area contributed by atoms with E-state index in [4.69, 9.17) is 4.74 Å². The molecule has 1 atom stereocenters. The fraction of sp³-hybridized carbons (Fsp3) is 0.529. The summed E-state index contributed by atoms with van der Waals surface area (Å²) in [5.74, 6) is -0.287. The molecule has 6 nitrogen and oxygen atoms in total. The van der Waals surface area contributed by atoms with Crippen LogP contribution in [0.15, 0.2) is 18.2 Å². The Kier molecular flexibility index (Phi) is 6.57. The first-order valence-electron chi connectivity index (χ1n) is 7.57. The van der Waals surface area contributed by atoms with Crippen LogP contribution < -0.4 is 10.6 Å². The van der Waals surface area contributed by atoms with Gasteiger partial charge in [0.2, 0.25) is 5.91 Å². The lowest BCUT2D eigenvalue weighted by Gasteiger charge is -2.22. The quantitative estimate of drug-likeness (QED) is 0.777. The van der Waals surface area contributed by atoms with E-state index >= 15 is 0 Å². The largest absolute Gasteiger partial charge is 0.444 e. The van der Waals surface area contributed by atoms with Gasteiger partial charge in [0.25, 0.3) is 0 Å². The van der Waals surface area contributed by atoms with Crippen LogP contribution in [0.3, 0.4) is 0 Å². The van der Waals surface area contributed by atoms with Gasteiger partial charge in [-0.05, 0) is 57.9 Å². The molecule has 0 fully saturated rings. The van der Waals surface area contributed by atoms with Crippen LogP contribution in [0.5, 0.6) is 0 Å². The fourth-order valence-corrected chi connectivity index (χ4v) is 2.12. The van der Waals surface area contributed by atoms with Crippen LogP contribution in [0.2, 0.25) is 0 Å². The van der Waals surface area contributed by atoms with E-state index in [-0.39, 0.29) is 18.9 Å². The third-order valence-corrected chi connectivity index (χ3v) is 2.88. The first-order chi connectivity index (χ1) is 10.6. The Balaban J connectivity index is 2.57. The standard InChI is InChI=1S/C17H26N2O4/c1-11-6-12(2)8-13(7-11)18-15(21)9-14(10-20)19-16(22)23-17(3,4)5/h6-8,14,20H,9-10H2,1-5H3,(H,18,21)(H,19,22). The molecule has 6 heteroatoms. The molecule has 23 heavy (non-hydrogen) atoms. The minimum absolute atomic E-state index is 0.0390. The van der Waals surface area contributed by atoms with E-state index in [0.717, 1.165) is 11.1 Å². The van der Waals surface area contributed by atoms with Crippen LogP contribution in [-0.2, 0) is 9.53 Å². The maximum Gasteiger partial charge on any atom is 0.407 e. The highest BCUT2D eigenvalue weighted by Gasteiger charge is 2.21. The predicted molar refractivity (Wildman–Crippen MR) is 89.4 cm³/mol. The zero-order valence-corrected chi connectivity index (χ0v) is 14.4. The number of alkyl carbamates (subject to hydrolysis) is 1. The first-order valence-corrected chi connectivity index (χ1v) is 7.57. The van der Waals surface area contributed by atoms with Gasteiger partial charge in [0.05, 0.1) is 12.6 Å². The third kappa shape index (κ3) is 7.65. The summed E-state index contributed by atoms with van der Waals surface area (Å²) >= 11 is 0. The highest BCUT2D eigenvalue weighted by Crippen LogP contribution is 2.14. The van der Waals surface area contributed by atoms with Crippen molar-refractivity contribution in [2.45, 2.75) is 52.7 Å². The number of hydrogen-bond acceptors (Lipinski definition) is 4. The second kappa shape index (κ2) is 7.97. The number of hydrogen-bond donors (Lipinski definition) is 3. The Labute approximate surface area is 137 Å². The fourth-order valence-electron chi connectivity index (χ4n) is 2.12. The van der Waals surface area contributed by atoms with Crippen molar-refractivity contribution in [3.05, 3.63) is 29.3 Å². The van der Waals surface area contributed by atoms with Crippen molar-refractivity contribution >= 4 is 17.7 Å². The van der Waals surface area contributed by atoms with E-state index in [2.05, 4.69) is 10.6 Å². The van der Waals surface area contributed by atoms with Gasteiger partial charge in [-0.2, -0.15) is 0 Å². The minimum atomic E-state index is -0.698. The summed E-state index contributed by atoms with van der Waals surface area (Å²) in [4.78, 5) is 23.7. The third-order valence-electron chi connectivity index (χ3n) is 2.88. The number of benzene rings is 1. The van der Waals surface area contributed by atoms with Gasteiger partial charge in [0, 0.05) is 12.1 Å². The minimum Gasteiger partial charge on any atom is -0.444 e. The Morgan fingerprint density at radius 1 is 1.17 bits per heavy atom. The van der Waals surface area contributed by atoms with E-state index in [0.29, 0.717) is 5.69 Å². The molecule has 1 unspecified atom stereocenters. The van der Waals surface area contributed by atoms with E-state index in [1.54, 1.807) is 20.8 Å². The predicted octanol–water partition coefficient (Wildman–Crippen LogP) is 2.52. The van der Waals surface area contributed by atoms with Crippen LogP contribution in [0, 0.1) is 13.8 Å². The van der Waals surface area contributed by atoms with Crippen LogP contribution in [-0.4, -0.2) is 35.4 Å². The van der Waals surface area contributed by atoms with Crippen molar-refractivity contribution < 1.29 is 19.4 Å². The monoisotopic (exact) mass is 322 g/mol. The number of amides is 2. The number of aryl methyl sites for hydroxylation is 2. The van der Waals surface area contributed by atoms with Crippen molar-refractivity contribution in [2.24, 2.45) is 0 Å². The van der Waals surface area contributed by atoms with Gasteiger partial charge in [-0.15, -0.1) is 0 Å². The molecule has 0 bridgehead atoms. The summed E-state index contributed by atoms with van der Waals surface area (Å²) in [5, 5.41) is 14.6. The number of carbonyl (C=O) groups is 2. The molecule has 0 aliphatic carbocycles. The van der Waals surface area contributed by atoms with Crippen LogP contribution >= 0.6 is 0 Å². The maximum absolute atomic E-state index is 12.1. The number of aliphatic hydroxyl groups is 1. The number of anilines is 1. The van der Waals surface area contributed by atoms with Gasteiger partial charge >= 0.3 is 6.09 Å². The summed E-state index contributed by atoms with van der Waals surface area (Å²) in [6.07, 6.45) is -0.696. The molecule has 2 amide bonds. The highest BCUT2D eigenvalue weighted by molar-refractivity contribution is 5.91. The van der Waals surface area contributed by atoms with Crippen LogP contribution in [0.4, 0.5) is 10.5 Å². The second-order valence-electron chi connectivity index (χ2n) is 6.65. The van der Waals surface area contributed by atoms with E-state index in [1.807, 2.05) is 32.0 Å². The molecular formula is C17H26N2O4. The van der Waals surface area contributed by atoms with Gasteiger partial charge in [0.15, 0.2) is 0 Å². The summed E-state index contributed by atoms with van der Waals surface area (Å²) in [5.41, 5.74) is 2.16. The van der Waals surface area contributed by atoms with Gasteiger partial charge < -0.3 is 20.5 Å². The van der Waals surface area contributed by atoms with Crippen LogP contribution in [0.1, 0.15) is 38.3 Å². The Morgan fingerprint density at radius 3 is 2.22 bits per heavy atom. The van der Waals surface area contributed by atoms with Crippen molar-refractivity contribution in [2.75, 3.05) is 11.9 Å². The van der Waals surface area contributed by atoms with Gasteiger partial charge in [-0.1, -0.05) is 6.07 Å². The normalized spacial score (nSPS) is 12.4. The Hall–Kier alpha value is -2.08. The second-order valence-corrected chi connectivity index (χ2v) is 6.65. The topological polar surface area (TPSA) is 87.7 Å². The molecule has 0 aliphatic heterocycles. The van der Waals surface area contributed by atoms with E-state index in [9.17, 15) is 14.7 Å². The molecule has 0 heterocycles. The van der Waals surface area contributed by atoms with Crippen molar-refractivity contribution in [3.8, 4) is 0 Å². The molecule has 0 aromatic heterocycles. The lowest BCUT2D eigenvalue weighted by atomic mass is 10.1. The number of carbonyl (C=O) groups excluding carboxylic acids is 2. The number of aliphatic hydroxyl groups excluding tert-OH is 1. The van der Waals surface area contributed by atoms with Crippen molar-refractivity contribution in [3.63, 3.8) is 0 Å². The number of ether oxygens (including phenoxy) is 1. The molecule has 1 aromatic carbocycles.